The van der Waals surface area contributed by atoms with Crippen molar-refractivity contribution in [2.45, 2.75) is 11.1 Å². The highest BCUT2D eigenvalue weighted by atomic mass is 16.6. The summed E-state index contributed by atoms with van der Waals surface area (Å²) in [7, 11) is 0. The molecule has 2 aromatic carbocycles. The van der Waals surface area contributed by atoms with Gasteiger partial charge < -0.3 is 0 Å². The Balaban J connectivity index is 2.56. The molecule has 11 heteroatoms. The maximum absolute atomic E-state index is 12.6. The summed E-state index contributed by atoms with van der Waals surface area (Å²) in [6, 6.07) is 14.9. The van der Waals surface area contributed by atoms with Gasteiger partial charge in [0.05, 0.1) is 22.0 Å². The SMILES string of the molecule is NNC1(c2ccccc2)C([N+](=O)[O-])=CC([N+](=O)[O-])=CC1(c1ccccc1)[N+](=O)[O-]. The summed E-state index contributed by atoms with van der Waals surface area (Å²) >= 11 is 0. The van der Waals surface area contributed by atoms with Crippen molar-refractivity contribution in [1.29, 1.82) is 0 Å². The molecule has 3 rings (SSSR count). The molecule has 0 radical (unpaired) electrons. The Hall–Kier alpha value is -3.96. The van der Waals surface area contributed by atoms with Gasteiger partial charge in [0.15, 0.2) is 0 Å². The first-order valence-electron chi connectivity index (χ1n) is 8.28. The first kappa shape index (κ1) is 19.8. The van der Waals surface area contributed by atoms with Crippen LogP contribution in [0, 0.1) is 30.3 Å². The molecular formula is C18H15N5O6. The van der Waals surface area contributed by atoms with Crippen molar-refractivity contribution in [2.75, 3.05) is 0 Å². The molecule has 0 aliphatic heterocycles. The van der Waals surface area contributed by atoms with Crippen molar-refractivity contribution in [3.05, 3.63) is 126 Å². The maximum atomic E-state index is 12.6. The molecule has 1 aliphatic rings. The molecule has 2 aromatic rings. The Bertz CT molecular complexity index is 1040. The Labute approximate surface area is 163 Å². The topological polar surface area (TPSA) is 167 Å². The Morgan fingerprint density at radius 3 is 1.72 bits per heavy atom. The van der Waals surface area contributed by atoms with Gasteiger partial charge in [-0.15, -0.1) is 0 Å². The number of hydrogen-bond donors (Lipinski definition) is 2. The van der Waals surface area contributed by atoms with Gasteiger partial charge in [0.2, 0.25) is 5.54 Å². The van der Waals surface area contributed by atoms with Gasteiger partial charge in [-0.3, -0.25) is 36.2 Å². The molecule has 0 bridgehead atoms. The Kier molecular flexibility index (Phi) is 4.93. The smallest absolute Gasteiger partial charge is 0.270 e. The summed E-state index contributed by atoms with van der Waals surface area (Å²) < 4.78 is 0. The lowest BCUT2D eigenvalue weighted by Crippen LogP contribution is -2.66. The lowest BCUT2D eigenvalue weighted by molar-refractivity contribution is -0.591. The van der Waals surface area contributed by atoms with E-state index in [-0.39, 0.29) is 11.1 Å². The zero-order chi connectivity index (χ0) is 21.2. The van der Waals surface area contributed by atoms with Crippen LogP contribution in [0.3, 0.4) is 0 Å². The monoisotopic (exact) mass is 397 g/mol. The standard InChI is InChI=1S/C18H15N5O6/c19-20-18(14-9-5-2-6-10-14)16(22(26)27)11-15(21(24)25)12-17(18,23(28)29)13-7-3-1-4-8-13/h1-12,20H,19H2. The van der Waals surface area contributed by atoms with Crippen molar-refractivity contribution in [1.82, 2.24) is 5.43 Å². The predicted molar refractivity (Wildman–Crippen MR) is 101 cm³/mol. The minimum Gasteiger partial charge on any atom is -0.270 e. The van der Waals surface area contributed by atoms with E-state index in [9.17, 15) is 30.3 Å². The molecule has 148 valence electrons. The molecule has 3 N–H and O–H groups in total. The van der Waals surface area contributed by atoms with E-state index in [1.807, 2.05) is 0 Å². The van der Waals surface area contributed by atoms with Crippen LogP contribution in [0.4, 0.5) is 0 Å². The number of nitrogens with zero attached hydrogens (tertiary/aromatic N) is 3. The number of allylic oxidation sites excluding steroid dienone is 1. The van der Waals surface area contributed by atoms with Crippen LogP contribution in [0.25, 0.3) is 0 Å². The minimum absolute atomic E-state index is 0.0152. The van der Waals surface area contributed by atoms with Crippen LogP contribution in [0.15, 0.2) is 84.2 Å². The Morgan fingerprint density at radius 2 is 1.31 bits per heavy atom. The molecule has 0 saturated heterocycles. The van der Waals surface area contributed by atoms with Crippen LogP contribution in [0.2, 0.25) is 0 Å². The van der Waals surface area contributed by atoms with E-state index in [2.05, 4.69) is 5.43 Å². The molecule has 1 aliphatic carbocycles. The molecule has 0 saturated carbocycles. The normalized spacial score (nSPS) is 23.6. The molecule has 0 aromatic heterocycles. The average Bonchev–Trinajstić information content (AvgIpc) is 2.73. The quantitative estimate of drug-likeness (QED) is 0.423. The summed E-state index contributed by atoms with van der Waals surface area (Å²) in [4.78, 5) is 33.4. The number of benzene rings is 2. The number of rotatable bonds is 6. The number of hydrogen-bond acceptors (Lipinski definition) is 8. The van der Waals surface area contributed by atoms with Gasteiger partial charge in [0.25, 0.3) is 11.4 Å². The molecule has 0 spiro atoms. The van der Waals surface area contributed by atoms with Crippen molar-refractivity contribution < 1.29 is 14.8 Å². The minimum atomic E-state index is -2.48. The van der Waals surface area contributed by atoms with E-state index < -0.39 is 37.2 Å². The van der Waals surface area contributed by atoms with Gasteiger partial charge >= 0.3 is 5.54 Å². The third-order valence-corrected chi connectivity index (χ3v) is 4.93. The Morgan fingerprint density at radius 1 is 0.793 bits per heavy atom. The van der Waals surface area contributed by atoms with Gasteiger partial charge in [-0.25, -0.2) is 5.43 Å². The average molecular weight is 397 g/mol. The highest BCUT2D eigenvalue weighted by Crippen LogP contribution is 2.51. The van der Waals surface area contributed by atoms with Crippen LogP contribution in [-0.4, -0.2) is 14.8 Å². The van der Waals surface area contributed by atoms with E-state index in [0.717, 1.165) is 6.08 Å². The van der Waals surface area contributed by atoms with Gasteiger partial charge in [0.1, 0.15) is 0 Å². The van der Waals surface area contributed by atoms with Gasteiger partial charge in [0, 0.05) is 10.5 Å². The van der Waals surface area contributed by atoms with E-state index in [0.29, 0.717) is 6.08 Å². The lowest BCUT2D eigenvalue weighted by atomic mass is 9.64. The molecule has 2 atom stereocenters. The fourth-order valence-electron chi connectivity index (χ4n) is 3.71. The van der Waals surface area contributed by atoms with Crippen LogP contribution in [0.1, 0.15) is 11.1 Å². The fourth-order valence-corrected chi connectivity index (χ4v) is 3.71. The van der Waals surface area contributed by atoms with Gasteiger partial charge in [-0.05, 0) is 5.56 Å². The first-order chi connectivity index (χ1) is 13.8. The molecule has 11 nitrogen and oxygen atoms in total. The number of hydrazine groups is 1. The first-order valence-corrected chi connectivity index (χ1v) is 8.28. The highest BCUT2D eigenvalue weighted by Gasteiger charge is 2.71. The molecule has 29 heavy (non-hydrogen) atoms. The summed E-state index contributed by atoms with van der Waals surface area (Å²) in [6.45, 7) is 0. The predicted octanol–water partition coefficient (Wildman–Crippen LogP) is 1.85. The zero-order valence-corrected chi connectivity index (χ0v) is 14.8. The third kappa shape index (κ3) is 2.76. The zero-order valence-electron chi connectivity index (χ0n) is 14.8. The fraction of sp³-hybridized carbons (Fsp3) is 0.111. The highest BCUT2D eigenvalue weighted by molar-refractivity contribution is 5.50. The van der Waals surface area contributed by atoms with E-state index >= 15 is 0 Å². The number of nitro groups is 3. The van der Waals surface area contributed by atoms with Gasteiger partial charge in [-0.1, -0.05) is 60.7 Å². The van der Waals surface area contributed by atoms with Crippen LogP contribution >= 0.6 is 0 Å². The van der Waals surface area contributed by atoms with Crippen LogP contribution in [0.5, 0.6) is 0 Å². The van der Waals surface area contributed by atoms with E-state index in [1.54, 1.807) is 12.1 Å². The van der Waals surface area contributed by atoms with Crippen LogP contribution in [-0.2, 0) is 11.1 Å². The molecule has 0 amide bonds. The molecule has 2 unspecified atom stereocenters. The van der Waals surface area contributed by atoms with Crippen molar-refractivity contribution >= 4 is 0 Å². The number of nitrogens with one attached hydrogen (secondary N) is 1. The van der Waals surface area contributed by atoms with Crippen molar-refractivity contribution in [3.8, 4) is 0 Å². The third-order valence-electron chi connectivity index (χ3n) is 4.93. The molecular weight excluding hydrogens is 382 g/mol. The number of nitrogens with two attached hydrogens (primary N) is 1. The lowest BCUT2D eigenvalue weighted by Gasteiger charge is -2.41. The summed E-state index contributed by atoms with van der Waals surface area (Å²) in [5.41, 5.74) is -3.95. The molecule has 0 heterocycles. The second-order valence-corrected chi connectivity index (χ2v) is 6.26. The second kappa shape index (κ2) is 7.22. The summed E-state index contributed by atoms with van der Waals surface area (Å²) in [5.74, 6) is 5.77. The maximum Gasteiger partial charge on any atom is 0.305 e. The second-order valence-electron chi connectivity index (χ2n) is 6.26. The largest absolute Gasteiger partial charge is 0.305 e. The van der Waals surface area contributed by atoms with E-state index in [4.69, 9.17) is 5.84 Å². The molecule has 0 fully saturated rings. The summed E-state index contributed by atoms with van der Waals surface area (Å²) in [5, 5.41) is 36.0. The van der Waals surface area contributed by atoms with Crippen molar-refractivity contribution in [3.63, 3.8) is 0 Å². The van der Waals surface area contributed by atoms with Crippen LogP contribution < -0.4 is 11.3 Å². The summed E-state index contributed by atoms with van der Waals surface area (Å²) in [6.07, 6.45) is 1.49. The van der Waals surface area contributed by atoms with Gasteiger partial charge in [-0.2, -0.15) is 0 Å². The van der Waals surface area contributed by atoms with Crippen molar-refractivity contribution in [2.24, 2.45) is 5.84 Å². The van der Waals surface area contributed by atoms with E-state index in [1.165, 1.54) is 48.5 Å².